The van der Waals surface area contributed by atoms with Gasteiger partial charge in [-0.25, -0.2) is 4.79 Å². The zero-order valence-corrected chi connectivity index (χ0v) is 14.3. The number of nitrogens with zero attached hydrogens (tertiary/aromatic N) is 3. The molecule has 0 spiro atoms. The standard InChI is InChI=1S/C19H20N4O3/c20-19(26)22-9-8-17(24)23-12-18(25)21(11-16(22)23)10-14-6-3-5-13-4-1-2-7-15(13)14/h1-7,16H,8-12H2,(H2,20,26). The van der Waals surface area contributed by atoms with Gasteiger partial charge < -0.3 is 20.4 Å². The van der Waals surface area contributed by atoms with Crippen LogP contribution >= 0.6 is 0 Å². The maximum absolute atomic E-state index is 12.6. The third kappa shape index (κ3) is 2.75. The van der Waals surface area contributed by atoms with Crippen LogP contribution in [-0.2, 0) is 16.1 Å². The molecule has 0 aromatic heterocycles. The van der Waals surface area contributed by atoms with E-state index in [-0.39, 0.29) is 31.3 Å². The second kappa shape index (κ2) is 6.33. The van der Waals surface area contributed by atoms with Crippen LogP contribution in [0.2, 0.25) is 0 Å². The summed E-state index contributed by atoms with van der Waals surface area (Å²) in [5, 5.41) is 2.21. The number of carbonyl (C=O) groups is 3. The molecule has 2 aromatic rings. The number of rotatable bonds is 2. The molecule has 2 aliphatic heterocycles. The minimum atomic E-state index is -0.563. The lowest BCUT2D eigenvalue weighted by molar-refractivity contribution is -0.158. The molecule has 4 amide bonds. The third-order valence-corrected chi connectivity index (χ3v) is 5.17. The molecule has 0 bridgehead atoms. The average molecular weight is 352 g/mol. The minimum Gasteiger partial charge on any atom is -0.351 e. The molecule has 26 heavy (non-hydrogen) atoms. The van der Waals surface area contributed by atoms with E-state index in [0.29, 0.717) is 13.1 Å². The van der Waals surface area contributed by atoms with Crippen LogP contribution < -0.4 is 5.73 Å². The van der Waals surface area contributed by atoms with E-state index < -0.39 is 12.2 Å². The fourth-order valence-corrected chi connectivity index (χ4v) is 3.82. The van der Waals surface area contributed by atoms with E-state index in [1.807, 2.05) is 42.5 Å². The number of amides is 4. The lowest BCUT2D eigenvalue weighted by Crippen LogP contribution is -2.68. The number of nitrogens with two attached hydrogens (primary N) is 1. The lowest BCUT2D eigenvalue weighted by atomic mass is 10.0. The highest BCUT2D eigenvalue weighted by molar-refractivity contribution is 5.89. The summed E-state index contributed by atoms with van der Waals surface area (Å²) in [7, 11) is 0. The number of carbonyl (C=O) groups excluding carboxylic acids is 3. The van der Waals surface area contributed by atoms with E-state index in [4.69, 9.17) is 5.73 Å². The van der Waals surface area contributed by atoms with E-state index in [9.17, 15) is 14.4 Å². The molecule has 0 saturated carbocycles. The van der Waals surface area contributed by atoms with Crippen molar-refractivity contribution in [2.75, 3.05) is 19.6 Å². The predicted octanol–water partition coefficient (Wildman–Crippen LogP) is 1.12. The van der Waals surface area contributed by atoms with Crippen LogP contribution in [0.5, 0.6) is 0 Å². The first-order valence-corrected chi connectivity index (χ1v) is 8.64. The first-order chi connectivity index (χ1) is 12.5. The molecule has 2 aromatic carbocycles. The largest absolute Gasteiger partial charge is 0.351 e. The van der Waals surface area contributed by atoms with Gasteiger partial charge in [-0.05, 0) is 16.3 Å². The van der Waals surface area contributed by atoms with Crippen molar-refractivity contribution in [1.82, 2.24) is 14.7 Å². The number of hydrogen-bond acceptors (Lipinski definition) is 3. The summed E-state index contributed by atoms with van der Waals surface area (Å²) >= 11 is 0. The fraction of sp³-hybridized carbons (Fsp3) is 0.316. The summed E-state index contributed by atoms with van der Waals surface area (Å²) in [6, 6.07) is 13.5. The number of hydrogen-bond donors (Lipinski definition) is 1. The van der Waals surface area contributed by atoms with Gasteiger partial charge in [0.2, 0.25) is 11.8 Å². The summed E-state index contributed by atoms with van der Waals surface area (Å²) < 4.78 is 0. The number of fused-ring (bicyclic) bond motifs is 2. The summed E-state index contributed by atoms with van der Waals surface area (Å²) in [5.41, 5.74) is 6.51. The quantitative estimate of drug-likeness (QED) is 0.879. The van der Waals surface area contributed by atoms with Crippen LogP contribution in [0.1, 0.15) is 12.0 Å². The van der Waals surface area contributed by atoms with Gasteiger partial charge in [-0.1, -0.05) is 42.5 Å². The molecule has 2 heterocycles. The maximum Gasteiger partial charge on any atom is 0.316 e. The molecule has 2 fully saturated rings. The van der Waals surface area contributed by atoms with E-state index >= 15 is 0 Å². The Hall–Kier alpha value is -3.09. The van der Waals surface area contributed by atoms with Crippen molar-refractivity contribution >= 4 is 28.6 Å². The van der Waals surface area contributed by atoms with Crippen molar-refractivity contribution in [2.24, 2.45) is 5.73 Å². The van der Waals surface area contributed by atoms with Crippen molar-refractivity contribution in [1.29, 1.82) is 0 Å². The molecule has 0 aliphatic carbocycles. The zero-order valence-electron chi connectivity index (χ0n) is 14.3. The second-order valence-electron chi connectivity index (χ2n) is 6.70. The highest BCUT2D eigenvalue weighted by Crippen LogP contribution is 2.25. The van der Waals surface area contributed by atoms with Gasteiger partial charge in [-0.2, -0.15) is 0 Å². The Morgan fingerprint density at radius 2 is 1.85 bits per heavy atom. The monoisotopic (exact) mass is 352 g/mol. The molecule has 4 rings (SSSR count). The summed E-state index contributed by atoms with van der Waals surface area (Å²) in [6.07, 6.45) is -0.280. The van der Waals surface area contributed by atoms with Gasteiger partial charge in [-0.3, -0.25) is 9.59 Å². The van der Waals surface area contributed by atoms with Crippen LogP contribution in [0.4, 0.5) is 4.79 Å². The van der Waals surface area contributed by atoms with Crippen LogP contribution in [0.15, 0.2) is 42.5 Å². The second-order valence-corrected chi connectivity index (χ2v) is 6.70. The molecule has 0 radical (unpaired) electrons. The summed E-state index contributed by atoms with van der Waals surface area (Å²) in [4.78, 5) is 41.2. The summed E-state index contributed by atoms with van der Waals surface area (Å²) in [5.74, 6) is -0.223. The topological polar surface area (TPSA) is 87.0 Å². The molecule has 1 atom stereocenters. The summed E-state index contributed by atoms with van der Waals surface area (Å²) in [6.45, 7) is 0.992. The van der Waals surface area contributed by atoms with Crippen molar-refractivity contribution in [3.05, 3.63) is 48.0 Å². The Balaban J connectivity index is 1.62. The van der Waals surface area contributed by atoms with Crippen molar-refractivity contribution in [3.63, 3.8) is 0 Å². The molecule has 7 nitrogen and oxygen atoms in total. The van der Waals surface area contributed by atoms with Gasteiger partial charge in [0.1, 0.15) is 12.7 Å². The van der Waals surface area contributed by atoms with Crippen molar-refractivity contribution < 1.29 is 14.4 Å². The number of piperazine rings is 1. The molecule has 2 N–H and O–H groups in total. The van der Waals surface area contributed by atoms with E-state index in [0.717, 1.165) is 16.3 Å². The Bertz CT molecular complexity index is 892. The van der Waals surface area contributed by atoms with Crippen molar-refractivity contribution in [2.45, 2.75) is 19.1 Å². The minimum absolute atomic E-state index is 0.0158. The smallest absolute Gasteiger partial charge is 0.316 e. The van der Waals surface area contributed by atoms with Crippen LogP contribution in [0.25, 0.3) is 10.8 Å². The number of urea groups is 1. The Morgan fingerprint density at radius 3 is 2.65 bits per heavy atom. The van der Waals surface area contributed by atoms with Crippen molar-refractivity contribution in [3.8, 4) is 0 Å². The Kier molecular flexibility index (Phi) is 3.99. The van der Waals surface area contributed by atoms with Gasteiger partial charge >= 0.3 is 6.03 Å². The molecule has 1 unspecified atom stereocenters. The first kappa shape index (κ1) is 16.4. The predicted molar refractivity (Wildman–Crippen MR) is 95.8 cm³/mol. The van der Waals surface area contributed by atoms with Gasteiger partial charge in [0.15, 0.2) is 0 Å². The third-order valence-electron chi connectivity index (χ3n) is 5.17. The SMILES string of the molecule is NC(=O)N1CCC(=O)N2CC(=O)N(Cc3cccc4ccccc34)CC12. The van der Waals surface area contributed by atoms with E-state index in [1.54, 1.807) is 4.90 Å². The molecule has 2 saturated heterocycles. The van der Waals surface area contributed by atoms with E-state index in [2.05, 4.69) is 0 Å². The molecule has 134 valence electrons. The zero-order chi connectivity index (χ0) is 18.3. The highest BCUT2D eigenvalue weighted by Gasteiger charge is 2.42. The number of benzene rings is 2. The van der Waals surface area contributed by atoms with E-state index in [1.165, 1.54) is 9.80 Å². The van der Waals surface area contributed by atoms with Gasteiger partial charge in [0, 0.05) is 19.5 Å². The number of primary amides is 1. The van der Waals surface area contributed by atoms with Gasteiger partial charge in [0.25, 0.3) is 0 Å². The fourth-order valence-electron chi connectivity index (χ4n) is 3.82. The Morgan fingerprint density at radius 1 is 1.08 bits per heavy atom. The van der Waals surface area contributed by atoms with Crippen LogP contribution in [0.3, 0.4) is 0 Å². The average Bonchev–Trinajstić information content (AvgIpc) is 2.63. The molecular formula is C19H20N4O3. The van der Waals surface area contributed by atoms with Gasteiger partial charge in [-0.15, -0.1) is 0 Å². The highest BCUT2D eigenvalue weighted by atomic mass is 16.2. The first-order valence-electron chi connectivity index (χ1n) is 8.64. The lowest BCUT2D eigenvalue weighted by Gasteiger charge is -2.48. The van der Waals surface area contributed by atoms with Crippen LogP contribution in [-0.4, -0.2) is 58.3 Å². The molecule has 7 heteroatoms. The normalized spacial score (nSPS) is 20.5. The van der Waals surface area contributed by atoms with Crippen LogP contribution in [0, 0.1) is 0 Å². The molecular weight excluding hydrogens is 332 g/mol. The maximum atomic E-state index is 12.6. The molecule has 2 aliphatic rings. The Labute approximate surface area is 150 Å². The van der Waals surface area contributed by atoms with Gasteiger partial charge in [0.05, 0.1) is 6.54 Å².